The Morgan fingerprint density at radius 1 is 1.00 bits per heavy atom. The van der Waals surface area contributed by atoms with Crippen molar-refractivity contribution in [3.8, 4) is 34.3 Å². The largest absolute Gasteiger partial charge is 0.493 e. The zero-order chi connectivity index (χ0) is 17.2. The maximum absolute atomic E-state index is 5.41. The summed E-state index contributed by atoms with van der Waals surface area (Å²) in [6, 6.07) is 11.5. The lowest BCUT2D eigenvalue weighted by Crippen LogP contribution is -2.00. The molecular formula is C18H17N3O4. The lowest BCUT2D eigenvalue weighted by molar-refractivity contribution is 0.174. The molecule has 2 aromatic carbocycles. The highest BCUT2D eigenvalue weighted by Crippen LogP contribution is 2.33. The Hall–Kier alpha value is -3.22. The van der Waals surface area contributed by atoms with Gasteiger partial charge in [-0.3, -0.25) is 0 Å². The molecule has 1 aromatic heterocycles. The van der Waals surface area contributed by atoms with Crippen LogP contribution in [0.5, 0.6) is 23.0 Å². The fraction of sp³-hybridized carbons (Fsp3) is 0.222. The minimum atomic E-state index is 0.269. The van der Waals surface area contributed by atoms with Crippen molar-refractivity contribution in [3.05, 3.63) is 48.2 Å². The Labute approximate surface area is 144 Å². The summed E-state index contributed by atoms with van der Waals surface area (Å²) < 4.78 is 23.1. The van der Waals surface area contributed by atoms with Crippen LogP contribution < -0.4 is 18.9 Å². The molecule has 0 N–H and O–H groups in total. The predicted molar refractivity (Wildman–Crippen MR) is 90.2 cm³/mol. The van der Waals surface area contributed by atoms with Crippen molar-refractivity contribution in [2.45, 2.75) is 6.54 Å². The van der Waals surface area contributed by atoms with Crippen LogP contribution in [-0.2, 0) is 6.54 Å². The second-order valence-electron chi connectivity index (χ2n) is 5.56. The van der Waals surface area contributed by atoms with Gasteiger partial charge in [-0.1, -0.05) is 11.3 Å². The molecule has 0 bridgehead atoms. The molecule has 2 heterocycles. The quantitative estimate of drug-likeness (QED) is 0.712. The van der Waals surface area contributed by atoms with Crippen LogP contribution in [0.15, 0.2) is 42.6 Å². The topological polar surface area (TPSA) is 67.6 Å². The van der Waals surface area contributed by atoms with E-state index >= 15 is 0 Å². The molecule has 0 saturated heterocycles. The molecule has 128 valence electrons. The van der Waals surface area contributed by atoms with E-state index in [4.69, 9.17) is 18.9 Å². The van der Waals surface area contributed by atoms with Gasteiger partial charge in [-0.05, 0) is 35.9 Å². The van der Waals surface area contributed by atoms with Gasteiger partial charge in [-0.15, -0.1) is 5.10 Å². The van der Waals surface area contributed by atoms with Gasteiger partial charge in [0.15, 0.2) is 23.0 Å². The maximum atomic E-state index is 5.41. The molecule has 25 heavy (non-hydrogen) atoms. The molecule has 4 rings (SSSR count). The van der Waals surface area contributed by atoms with Crippen molar-refractivity contribution < 1.29 is 18.9 Å². The van der Waals surface area contributed by atoms with Crippen molar-refractivity contribution in [2.75, 3.05) is 21.0 Å². The average Bonchev–Trinajstić information content (AvgIpc) is 3.30. The van der Waals surface area contributed by atoms with Crippen molar-refractivity contribution >= 4 is 0 Å². The molecule has 1 aliphatic heterocycles. The summed E-state index contributed by atoms with van der Waals surface area (Å²) in [6.07, 6.45) is 1.89. The minimum Gasteiger partial charge on any atom is -0.493 e. The van der Waals surface area contributed by atoms with Gasteiger partial charge in [-0.25, -0.2) is 4.68 Å². The standard InChI is InChI=1S/C18H17N3O4/c1-22-15-6-4-13(8-17(15)23-2)14-10-21(20-19-14)9-12-3-5-16-18(7-12)25-11-24-16/h3-8,10H,9,11H2,1-2H3. The Kier molecular flexibility index (Phi) is 3.89. The van der Waals surface area contributed by atoms with Crippen LogP contribution in [0.1, 0.15) is 5.56 Å². The summed E-state index contributed by atoms with van der Waals surface area (Å²) in [5.41, 5.74) is 2.74. The minimum absolute atomic E-state index is 0.269. The Morgan fingerprint density at radius 3 is 2.68 bits per heavy atom. The van der Waals surface area contributed by atoms with Crippen LogP contribution in [0.25, 0.3) is 11.3 Å². The molecule has 0 fully saturated rings. The number of fused-ring (bicyclic) bond motifs is 1. The van der Waals surface area contributed by atoms with E-state index in [0.29, 0.717) is 18.0 Å². The van der Waals surface area contributed by atoms with Crippen LogP contribution in [0.4, 0.5) is 0 Å². The van der Waals surface area contributed by atoms with E-state index in [1.165, 1.54) is 0 Å². The van der Waals surface area contributed by atoms with Crippen molar-refractivity contribution in [1.82, 2.24) is 15.0 Å². The maximum Gasteiger partial charge on any atom is 0.231 e. The second kappa shape index (κ2) is 6.35. The van der Waals surface area contributed by atoms with Crippen LogP contribution in [0.2, 0.25) is 0 Å². The fourth-order valence-corrected chi connectivity index (χ4v) is 2.73. The number of ether oxygens (including phenoxy) is 4. The van der Waals surface area contributed by atoms with Crippen LogP contribution in [-0.4, -0.2) is 36.0 Å². The summed E-state index contributed by atoms with van der Waals surface area (Å²) >= 11 is 0. The van der Waals surface area contributed by atoms with E-state index in [-0.39, 0.29) is 6.79 Å². The summed E-state index contributed by atoms with van der Waals surface area (Å²) in [6.45, 7) is 0.864. The summed E-state index contributed by atoms with van der Waals surface area (Å²) in [4.78, 5) is 0. The van der Waals surface area contributed by atoms with Gasteiger partial charge in [0.1, 0.15) is 5.69 Å². The Bertz CT molecular complexity index is 907. The highest BCUT2D eigenvalue weighted by molar-refractivity contribution is 5.63. The molecular weight excluding hydrogens is 322 g/mol. The number of aromatic nitrogens is 3. The van der Waals surface area contributed by atoms with Crippen molar-refractivity contribution in [1.29, 1.82) is 0 Å². The first-order chi connectivity index (χ1) is 12.3. The molecule has 7 heteroatoms. The molecule has 0 saturated carbocycles. The molecule has 0 spiro atoms. The lowest BCUT2D eigenvalue weighted by Gasteiger charge is -2.08. The smallest absolute Gasteiger partial charge is 0.231 e. The van der Waals surface area contributed by atoms with Gasteiger partial charge in [0.2, 0.25) is 6.79 Å². The number of nitrogens with zero attached hydrogens (tertiary/aromatic N) is 3. The van der Waals surface area contributed by atoms with E-state index in [9.17, 15) is 0 Å². The first-order valence-electron chi connectivity index (χ1n) is 7.78. The summed E-state index contributed by atoms with van der Waals surface area (Å²) in [5, 5.41) is 8.45. The highest BCUT2D eigenvalue weighted by atomic mass is 16.7. The first-order valence-corrected chi connectivity index (χ1v) is 7.78. The molecule has 0 aliphatic carbocycles. The Balaban J connectivity index is 1.56. The third-order valence-corrected chi connectivity index (χ3v) is 4.00. The average molecular weight is 339 g/mol. The molecule has 0 unspecified atom stereocenters. The molecule has 7 nitrogen and oxygen atoms in total. The van der Waals surface area contributed by atoms with Crippen LogP contribution in [0.3, 0.4) is 0 Å². The monoisotopic (exact) mass is 339 g/mol. The van der Waals surface area contributed by atoms with E-state index in [1.807, 2.05) is 42.6 Å². The number of hydrogen-bond acceptors (Lipinski definition) is 6. The SMILES string of the molecule is COc1ccc(-c2cn(Cc3ccc4c(c3)OCO4)nn2)cc1OC. The van der Waals surface area contributed by atoms with Gasteiger partial charge in [0, 0.05) is 5.56 Å². The molecule has 3 aromatic rings. The normalized spacial score (nSPS) is 12.2. The molecule has 0 radical (unpaired) electrons. The fourth-order valence-electron chi connectivity index (χ4n) is 2.73. The van der Waals surface area contributed by atoms with Gasteiger partial charge in [0.05, 0.1) is 27.0 Å². The zero-order valence-corrected chi connectivity index (χ0v) is 13.9. The van der Waals surface area contributed by atoms with Crippen LogP contribution >= 0.6 is 0 Å². The van der Waals surface area contributed by atoms with E-state index in [2.05, 4.69) is 10.3 Å². The van der Waals surface area contributed by atoms with E-state index < -0.39 is 0 Å². The van der Waals surface area contributed by atoms with E-state index in [1.54, 1.807) is 18.9 Å². The third kappa shape index (κ3) is 2.96. The van der Waals surface area contributed by atoms with E-state index in [0.717, 1.165) is 28.3 Å². The predicted octanol–water partition coefficient (Wildman–Crippen LogP) is 2.74. The number of hydrogen-bond donors (Lipinski definition) is 0. The lowest BCUT2D eigenvalue weighted by atomic mass is 10.1. The summed E-state index contributed by atoms with van der Waals surface area (Å²) in [5.74, 6) is 2.87. The summed E-state index contributed by atoms with van der Waals surface area (Å²) in [7, 11) is 3.22. The number of rotatable bonds is 5. The van der Waals surface area contributed by atoms with Crippen molar-refractivity contribution in [3.63, 3.8) is 0 Å². The Morgan fingerprint density at radius 2 is 1.84 bits per heavy atom. The van der Waals surface area contributed by atoms with Gasteiger partial charge in [0.25, 0.3) is 0 Å². The zero-order valence-electron chi connectivity index (χ0n) is 13.9. The third-order valence-electron chi connectivity index (χ3n) is 4.00. The molecule has 1 aliphatic rings. The molecule has 0 atom stereocenters. The van der Waals surface area contributed by atoms with Crippen LogP contribution in [0, 0.1) is 0 Å². The highest BCUT2D eigenvalue weighted by Gasteiger charge is 2.14. The second-order valence-corrected chi connectivity index (χ2v) is 5.56. The molecule has 0 amide bonds. The van der Waals surface area contributed by atoms with Gasteiger partial charge < -0.3 is 18.9 Å². The van der Waals surface area contributed by atoms with Crippen molar-refractivity contribution in [2.24, 2.45) is 0 Å². The number of benzene rings is 2. The first kappa shape index (κ1) is 15.3. The number of methoxy groups -OCH3 is 2. The van der Waals surface area contributed by atoms with Gasteiger partial charge >= 0.3 is 0 Å². The van der Waals surface area contributed by atoms with Gasteiger partial charge in [-0.2, -0.15) is 0 Å².